The third-order valence-electron chi connectivity index (χ3n) is 9.47. The molecule has 10 nitrogen and oxygen atoms in total. The highest BCUT2D eigenvalue weighted by molar-refractivity contribution is 5.86. The van der Waals surface area contributed by atoms with Crippen molar-refractivity contribution < 1.29 is 33.8 Å². The van der Waals surface area contributed by atoms with Crippen LogP contribution in [0.5, 0.6) is 0 Å². The van der Waals surface area contributed by atoms with E-state index in [1.807, 2.05) is 84.9 Å². The first-order chi connectivity index (χ1) is 25.8. The van der Waals surface area contributed by atoms with E-state index >= 15 is 0 Å². The molecule has 0 aromatic heterocycles. The van der Waals surface area contributed by atoms with Gasteiger partial charge in [0.1, 0.15) is 13.2 Å². The predicted molar refractivity (Wildman–Crippen MR) is 204 cm³/mol. The average molecular weight is 724 g/mol. The summed E-state index contributed by atoms with van der Waals surface area (Å²) in [6.07, 6.45) is 6.16. The minimum atomic E-state index is -0.706. The maximum atomic E-state index is 13.8. The number of aliphatic hydroxyl groups is 1. The number of rotatable bonds is 21. The summed E-state index contributed by atoms with van der Waals surface area (Å²) in [5.74, 6) is -2.08. The molecule has 3 amide bonds. The topological polar surface area (TPSA) is 134 Å². The van der Waals surface area contributed by atoms with Crippen molar-refractivity contribution in [3.63, 3.8) is 0 Å². The SMILES string of the molecule is C=CCC(CC(=O)N1Cc2ccccc2CC1CO)C(=O)NC(CCCCNC(=O)OCc1ccccc1)COC(=O)C(CC=C)Cc1ccccc1. The van der Waals surface area contributed by atoms with Gasteiger partial charge >= 0.3 is 12.1 Å². The first-order valence-electron chi connectivity index (χ1n) is 18.5. The number of hydrogen-bond donors (Lipinski definition) is 3. The number of benzene rings is 3. The van der Waals surface area contributed by atoms with Gasteiger partial charge in [0.25, 0.3) is 0 Å². The van der Waals surface area contributed by atoms with Crippen LogP contribution in [-0.4, -0.2) is 65.7 Å². The Kier molecular flexibility index (Phi) is 16.8. The minimum absolute atomic E-state index is 0.0518. The van der Waals surface area contributed by atoms with Gasteiger partial charge in [-0.2, -0.15) is 0 Å². The number of alkyl carbamates (subject to hydrolysis) is 1. The molecule has 0 spiro atoms. The van der Waals surface area contributed by atoms with E-state index < -0.39 is 24.0 Å². The van der Waals surface area contributed by atoms with Crippen molar-refractivity contribution >= 4 is 23.9 Å². The molecule has 1 heterocycles. The fourth-order valence-electron chi connectivity index (χ4n) is 6.51. The zero-order valence-corrected chi connectivity index (χ0v) is 30.5. The molecule has 3 N–H and O–H groups in total. The monoisotopic (exact) mass is 723 g/mol. The number of hydrogen-bond acceptors (Lipinski definition) is 7. The fourth-order valence-corrected chi connectivity index (χ4v) is 6.51. The van der Waals surface area contributed by atoms with Gasteiger partial charge in [-0.15, -0.1) is 13.2 Å². The summed E-state index contributed by atoms with van der Waals surface area (Å²) >= 11 is 0. The Morgan fingerprint density at radius 1 is 0.830 bits per heavy atom. The molecule has 0 saturated carbocycles. The number of esters is 1. The second-order valence-corrected chi connectivity index (χ2v) is 13.5. The molecule has 282 valence electrons. The molecule has 10 heteroatoms. The molecule has 1 aliphatic heterocycles. The number of nitrogens with zero attached hydrogens (tertiary/aromatic N) is 1. The van der Waals surface area contributed by atoms with Crippen LogP contribution >= 0.6 is 0 Å². The Labute approximate surface area is 313 Å². The average Bonchev–Trinajstić information content (AvgIpc) is 3.18. The highest BCUT2D eigenvalue weighted by Gasteiger charge is 2.32. The number of carbonyl (C=O) groups is 4. The number of fused-ring (bicyclic) bond motifs is 1. The smallest absolute Gasteiger partial charge is 0.407 e. The van der Waals surface area contributed by atoms with Crippen LogP contribution in [-0.2, 0) is 49.9 Å². The van der Waals surface area contributed by atoms with Gasteiger partial charge in [0.05, 0.1) is 30.5 Å². The molecule has 4 rings (SSSR count). The Hall–Kier alpha value is -5.22. The largest absolute Gasteiger partial charge is 0.463 e. The lowest BCUT2D eigenvalue weighted by Gasteiger charge is -2.36. The lowest BCUT2D eigenvalue weighted by molar-refractivity contribution is -0.150. The van der Waals surface area contributed by atoms with Gasteiger partial charge in [-0.05, 0) is 67.2 Å². The number of carbonyl (C=O) groups excluding carboxylic acids is 4. The van der Waals surface area contributed by atoms with Crippen molar-refractivity contribution in [3.05, 3.63) is 132 Å². The quantitative estimate of drug-likeness (QED) is 0.0690. The molecule has 3 aromatic carbocycles. The molecule has 4 unspecified atom stereocenters. The Morgan fingerprint density at radius 3 is 2.15 bits per heavy atom. The Bertz CT molecular complexity index is 1630. The summed E-state index contributed by atoms with van der Waals surface area (Å²) in [5, 5.41) is 15.9. The van der Waals surface area contributed by atoms with Gasteiger partial charge in [-0.3, -0.25) is 14.4 Å². The summed E-state index contributed by atoms with van der Waals surface area (Å²) < 4.78 is 11.1. The molecule has 53 heavy (non-hydrogen) atoms. The van der Waals surface area contributed by atoms with Crippen molar-refractivity contribution in [3.8, 4) is 0 Å². The van der Waals surface area contributed by atoms with E-state index in [2.05, 4.69) is 23.8 Å². The van der Waals surface area contributed by atoms with Gasteiger partial charge in [-0.1, -0.05) is 97.1 Å². The summed E-state index contributed by atoms with van der Waals surface area (Å²) in [6, 6.07) is 26.1. The highest BCUT2D eigenvalue weighted by atomic mass is 16.5. The molecule has 1 aliphatic rings. The summed E-state index contributed by atoms with van der Waals surface area (Å²) in [4.78, 5) is 54.6. The first-order valence-corrected chi connectivity index (χ1v) is 18.5. The number of unbranched alkanes of at least 4 members (excludes halogenated alkanes) is 1. The molecule has 0 aliphatic carbocycles. The van der Waals surface area contributed by atoms with Crippen LogP contribution in [0.2, 0.25) is 0 Å². The second-order valence-electron chi connectivity index (χ2n) is 13.5. The maximum absolute atomic E-state index is 13.8. The second kappa shape index (κ2) is 22.0. The van der Waals surface area contributed by atoms with Crippen LogP contribution in [0.4, 0.5) is 4.79 Å². The summed E-state index contributed by atoms with van der Waals surface area (Å²) in [5.41, 5.74) is 4.03. The van der Waals surface area contributed by atoms with Crippen molar-refractivity contribution in [2.75, 3.05) is 19.8 Å². The van der Waals surface area contributed by atoms with Gasteiger partial charge < -0.3 is 30.1 Å². The van der Waals surface area contributed by atoms with Crippen molar-refractivity contribution in [2.45, 2.75) is 76.6 Å². The van der Waals surface area contributed by atoms with E-state index in [4.69, 9.17) is 9.47 Å². The zero-order valence-electron chi connectivity index (χ0n) is 30.5. The first kappa shape index (κ1) is 40.5. The number of allylic oxidation sites excluding steroid dienone is 2. The van der Waals surface area contributed by atoms with Crippen LogP contribution in [0.3, 0.4) is 0 Å². The van der Waals surface area contributed by atoms with Crippen molar-refractivity contribution in [1.82, 2.24) is 15.5 Å². The van der Waals surface area contributed by atoms with Crippen molar-refractivity contribution in [2.24, 2.45) is 11.8 Å². The summed E-state index contributed by atoms with van der Waals surface area (Å²) in [6.45, 7) is 8.31. The minimum Gasteiger partial charge on any atom is -0.463 e. The number of aliphatic hydroxyl groups excluding tert-OH is 1. The third-order valence-corrected chi connectivity index (χ3v) is 9.47. The van der Waals surface area contributed by atoms with Crippen LogP contribution in [0.15, 0.2) is 110 Å². The molecule has 3 aromatic rings. The van der Waals surface area contributed by atoms with Crippen LogP contribution < -0.4 is 10.6 Å². The van der Waals surface area contributed by atoms with Crippen LogP contribution in [0.1, 0.15) is 60.8 Å². The zero-order chi connectivity index (χ0) is 37.8. The van der Waals surface area contributed by atoms with Gasteiger partial charge in [0, 0.05) is 19.5 Å². The van der Waals surface area contributed by atoms with E-state index in [1.165, 1.54) is 0 Å². The number of ether oxygens (including phenoxy) is 2. The van der Waals surface area contributed by atoms with Crippen molar-refractivity contribution in [1.29, 1.82) is 0 Å². The van der Waals surface area contributed by atoms with E-state index in [0.717, 1.165) is 22.3 Å². The molecule has 4 atom stereocenters. The third kappa shape index (κ3) is 13.4. The lowest BCUT2D eigenvalue weighted by atomic mass is 9.92. The van der Waals surface area contributed by atoms with E-state index in [0.29, 0.717) is 51.6 Å². The van der Waals surface area contributed by atoms with Crippen LogP contribution in [0, 0.1) is 11.8 Å². The van der Waals surface area contributed by atoms with Gasteiger partial charge in [-0.25, -0.2) is 4.79 Å². The normalized spacial score (nSPS) is 15.2. The highest BCUT2D eigenvalue weighted by Crippen LogP contribution is 2.25. The standard InChI is InChI=1S/C43H53N3O7/c1-3-15-35(27-40(48)46-28-37-22-12-11-21-34(37)26-39(46)29-47)41(49)45-38(23-13-14-24-44-43(51)53-30-33-19-9-6-10-20-33)31-52-42(50)36(16-4-2)25-32-17-7-5-8-18-32/h3-12,17-22,35-36,38-39,47H,1-2,13-16,23-31H2,(H,44,51)(H,45,49). The Balaban J connectivity index is 1.36. The molecular weight excluding hydrogens is 670 g/mol. The summed E-state index contributed by atoms with van der Waals surface area (Å²) in [7, 11) is 0. The molecule has 0 bridgehead atoms. The lowest BCUT2D eigenvalue weighted by Crippen LogP contribution is -2.48. The van der Waals surface area contributed by atoms with Gasteiger partial charge in [0.2, 0.25) is 11.8 Å². The van der Waals surface area contributed by atoms with E-state index in [9.17, 15) is 24.3 Å². The van der Waals surface area contributed by atoms with E-state index in [-0.39, 0.29) is 56.5 Å². The molecule has 0 radical (unpaired) electrons. The van der Waals surface area contributed by atoms with Gasteiger partial charge in [0.15, 0.2) is 0 Å². The number of amides is 3. The molecule has 0 fully saturated rings. The van der Waals surface area contributed by atoms with E-state index in [1.54, 1.807) is 17.1 Å². The molecular formula is C43H53N3O7. The Morgan fingerprint density at radius 2 is 1.47 bits per heavy atom. The maximum Gasteiger partial charge on any atom is 0.407 e. The number of nitrogens with one attached hydrogen (secondary N) is 2. The fraction of sp³-hybridized carbons (Fsp3) is 0.395. The predicted octanol–water partition coefficient (Wildman–Crippen LogP) is 6.07. The van der Waals surface area contributed by atoms with Crippen LogP contribution in [0.25, 0.3) is 0 Å². The molecule has 0 saturated heterocycles.